The van der Waals surface area contributed by atoms with Gasteiger partial charge >= 0.3 is 0 Å². The van der Waals surface area contributed by atoms with Gasteiger partial charge in [-0.15, -0.1) is 0 Å². The van der Waals surface area contributed by atoms with Crippen molar-refractivity contribution in [1.29, 1.82) is 0 Å². The van der Waals surface area contributed by atoms with Crippen molar-refractivity contribution in [3.05, 3.63) is 46.2 Å². The molecular formula is C10H9Cl2N3. The molecule has 1 aromatic carbocycles. The van der Waals surface area contributed by atoms with Crippen LogP contribution in [0.1, 0.15) is 5.56 Å². The molecule has 2 N–H and O–H groups in total. The molecule has 2 aromatic rings. The van der Waals surface area contributed by atoms with E-state index >= 15 is 0 Å². The van der Waals surface area contributed by atoms with Crippen molar-refractivity contribution in [2.75, 3.05) is 0 Å². The predicted molar refractivity (Wildman–Crippen MR) is 61.5 cm³/mol. The van der Waals surface area contributed by atoms with E-state index in [1.165, 1.54) is 0 Å². The summed E-state index contributed by atoms with van der Waals surface area (Å²) in [6, 6.07) is 5.50. The van der Waals surface area contributed by atoms with Crippen molar-refractivity contribution < 1.29 is 0 Å². The van der Waals surface area contributed by atoms with Crippen LogP contribution >= 0.6 is 23.2 Å². The van der Waals surface area contributed by atoms with E-state index in [1.54, 1.807) is 23.1 Å². The average molecular weight is 242 g/mol. The minimum Gasteiger partial charge on any atom is -0.326 e. The van der Waals surface area contributed by atoms with E-state index < -0.39 is 0 Å². The van der Waals surface area contributed by atoms with Gasteiger partial charge in [0.1, 0.15) is 0 Å². The quantitative estimate of drug-likeness (QED) is 0.879. The number of nitrogens with zero attached hydrogens (tertiary/aromatic N) is 2. The number of nitrogens with two attached hydrogens (primary N) is 1. The first-order chi connectivity index (χ1) is 7.20. The van der Waals surface area contributed by atoms with E-state index in [-0.39, 0.29) is 0 Å². The van der Waals surface area contributed by atoms with Crippen molar-refractivity contribution in [3.63, 3.8) is 0 Å². The highest BCUT2D eigenvalue weighted by atomic mass is 35.5. The molecule has 0 amide bonds. The summed E-state index contributed by atoms with van der Waals surface area (Å²) in [5.41, 5.74) is 7.46. The smallest absolute Gasteiger partial charge is 0.0790 e. The molecule has 1 heterocycles. The molecule has 0 saturated heterocycles. The summed E-state index contributed by atoms with van der Waals surface area (Å²) in [6.07, 6.45) is 3.29. The number of benzene rings is 1. The summed E-state index contributed by atoms with van der Waals surface area (Å²) >= 11 is 11.7. The molecule has 5 heteroatoms. The molecule has 0 aliphatic heterocycles. The van der Waals surface area contributed by atoms with E-state index in [2.05, 4.69) is 5.10 Å². The second-order valence-corrected chi connectivity index (χ2v) is 3.95. The van der Waals surface area contributed by atoms with Gasteiger partial charge in [0.05, 0.1) is 16.9 Å². The molecule has 1 aromatic heterocycles. The molecule has 0 bridgehead atoms. The maximum atomic E-state index is 5.92. The largest absolute Gasteiger partial charge is 0.326 e. The van der Waals surface area contributed by atoms with Crippen LogP contribution in [0, 0.1) is 0 Å². The van der Waals surface area contributed by atoms with Gasteiger partial charge in [-0.1, -0.05) is 29.3 Å². The summed E-state index contributed by atoms with van der Waals surface area (Å²) in [7, 11) is 0. The van der Waals surface area contributed by atoms with Gasteiger partial charge in [-0.25, -0.2) is 4.68 Å². The fourth-order valence-electron chi connectivity index (χ4n) is 1.36. The Morgan fingerprint density at radius 3 is 2.67 bits per heavy atom. The van der Waals surface area contributed by atoms with Crippen LogP contribution in [-0.2, 0) is 6.54 Å². The Labute approximate surface area is 97.4 Å². The molecule has 0 unspecified atom stereocenters. The summed E-state index contributed by atoms with van der Waals surface area (Å²) in [5.74, 6) is 0. The zero-order valence-electron chi connectivity index (χ0n) is 7.82. The van der Waals surface area contributed by atoms with E-state index in [1.807, 2.05) is 12.1 Å². The lowest BCUT2D eigenvalue weighted by molar-refractivity contribution is 0.859. The van der Waals surface area contributed by atoms with Crippen LogP contribution in [-0.4, -0.2) is 9.78 Å². The SMILES string of the molecule is NCc1ccc(Cl)cc1-n1cc(Cl)cn1. The predicted octanol–water partition coefficient (Wildman–Crippen LogP) is 2.64. The van der Waals surface area contributed by atoms with Gasteiger partial charge < -0.3 is 5.73 Å². The van der Waals surface area contributed by atoms with Gasteiger partial charge in [0.25, 0.3) is 0 Å². The minimum atomic E-state index is 0.435. The van der Waals surface area contributed by atoms with Gasteiger partial charge in [0, 0.05) is 17.8 Å². The Balaban J connectivity index is 2.55. The summed E-state index contributed by atoms with van der Waals surface area (Å²) < 4.78 is 1.66. The fraction of sp³-hybridized carbons (Fsp3) is 0.100. The lowest BCUT2D eigenvalue weighted by Gasteiger charge is -2.07. The van der Waals surface area contributed by atoms with Crippen molar-refractivity contribution in [1.82, 2.24) is 9.78 Å². The van der Waals surface area contributed by atoms with Crippen LogP contribution < -0.4 is 5.73 Å². The fourth-order valence-corrected chi connectivity index (χ4v) is 1.66. The monoisotopic (exact) mass is 241 g/mol. The molecule has 78 valence electrons. The first kappa shape index (κ1) is 10.5. The molecule has 3 nitrogen and oxygen atoms in total. The van der Waals surface area contributed by atoms with E-state index in [4.69, 9.17) is 28.9 Å². The summed E-state index contributed by atoms with van der Waals surface area (Å²) in [5, 5.41) is 5.33. The molecule has 0 saturated carbocycles. The normalized spacial score (nSPS) is 10.6. The highest BCUT2D eigenvalue weighted by molar-refractivity contribution is 6.31. The Hall–Kier alpha value is -1.03. The van der Waals surface area contributed by atoms with Gasteiger partial charge in [-0.3, -0.25) is 0 Å². The Kier molecular flexibility index (Phi) is 2.95. The van der Waals surface area contributed by atoms with Crippen molar-refractivity contribution in [2.24, 2.45) is 5.73 Å². The van der Waals surface area contributed by atoms with Crippen LogP contribution in [0.2, 0.25) is 10.0 Å². The number of hydrogen-bond acceptors (Lipinski definition) is 2. The molecule has 0 fully saturated rings. The van der Waals surface area contributed by atoms with E-state index in [0.29, 0.717) is 16.6 Å². The second kappa shape index (κ2) is 4.23. The highest BCUT2D eigenvalue weighted by Gasteiger charge is 2.05. The Morgan fingerprint density at radius 2 is 2.07 bits per heavy atom. The minimum absolute atomic E-state index is 0.435. The first-order valence-corrected chi connectivity index (χ1v) is 5.15. The highest BCUT2D eigenvalue weighted by Crippen LogP contribution is 2.20. The van der Waals surface area contributed by atoms with Crippen LogP contribution in [0.25, 0.3) is 5.69 Å². The van der Waals surface area contributed by atoms with Gasteiger partial charge in [0.15, 0.2) is 0 Å². The topological polar surface area (TPSA) is 43.8 Å². The van der Waals surface area contributed by atoms with Crippen molar-refractivity contribution in [2.45, 2.75) is 6.54 Å². The molecule has 15 heavy (non-hydrogen) atoms. The Morgan fingerprint density at radius 1 is 1.27 bits per heavy atom. The summed E-state index contributed by atoms with van der Waals surface area (Å²) in [6.45, 7) is 0.435. The van der Waals surface area contributed by atoms with Gasteiger partial charge in [0.2, 0.25) is 0 Å². The zero-order chi connectivity index (χ0) is 10.8. The molecular weight excluding hydrogens is 233 g/mol. The number of aromatic nitrogens is 2. The number of hydrogen-bond donors (Lipinski definition) is 1. The van der Waals surface area contributed by atoms with Gasteiger partial charge in [-0.2, -0.15) is 5.10 Å². The standard InChI is InChI=1S/C10H9Cl2N3/c11-8-2-1-7(4-13)10(3-8)15-6-9(12)5-14-15/h1-3,5-6H,4,13H2. The zero-order valence-corrected chi connectivity index (χ0v) is 9.33. The van der Waals surface area contributed by atoms with Crippen molar-refractivity contribution >= 4 is 23.2 Å². The van der Waals surface area contributed by atoms with E-state index in [9.17, 15) is 0 Å². The third kappa shape index (κ3) is 2.15. The second-order valence-electron chi connectivity index (χ2n) is 3.08. The number of halogens is 2. The molecule has 0 aliphatic rings. The molecule has 0 atom stereocenters. The van der Waals surface area contributed by atoms with Crippen LogP contribution in [0.5, 0.6) is 0 Å². The number of rotatable bonds is 2. The van der Waals surface area contributed by atoms with Crippen LogP contribution in [0.15, 0.2) is 30.6 Å². The van der Waals surface area contributed by atoms with Gasteiger partial charge in [-0.05, 0) is 17.7 Å². The third-order valence-electron chi connectivity index (χ3n) is 2.07. The molecule has 2 rings (SSSR count). The lowest BCUT2D eigenvalue weighted by atomic mass is 10.2. The average Bonchev–Trinajstić information content (AvgIpc) is 2.65. The molecule has 0 aliphatic carbocycles. The Bertz CT molecular complexity index is 479. The third-order valence-corrected chi connectivity index (χ3v) is 2.50. The summed E-state index contributed by atoms with van der Waals surface area (Å²) in [4.78, 5) is 0. The molecule has 0 spiro atoms. The van der Waals surface area contributed by atoms with Crippen LogP contribution in [0.3, 0.4) is 0 Å². The van der Waals surface area contributed by atoms with E-state index in [0.717, 1.165) is 11.3 Å². The lowest BCUT2D eigenvalue weighted by Crippen LogP contribution is -2.04. The molecule has 0 radical (unpaired) electrons. The maximum absolute atomic E-state index is 5.92. The van der Waals surface area contributed by atoms with Crippen LogP contribution in [0.4, 0.5) is 0 Å². The first-order valence-electron chi connectivity index (χ1n) is 4.40. The maximum Gasteiger partial charge on any atom is 0.0790 e. The van der Waals surface area contributed by atoms with Crippen molar-refractivity contribution in [3.8, 4) is 5.69 Å².